The number of hydrogen-bond donors (Lipinski definition) is 2. The Morgan fingerprint density at radius 2 is 1.85 bits per heavy atom. The minimum atomic E-state index is -1.17. The normalized spacial score (nSPS) is 13.6. The largest absolute Gasteiger partial charge is 0.478 e. The number of carbonyl (C=O) groups excluding carboxylic acids is 2. The first kappa shape index (κ1) is 17.9. The molecular formula is C18H15N3O6. The molecule has 1 aromatic carbocycles. The first-order valence-corrected chi connectivity index (χ1v) is 7.73. The van der Waals surface area contributed by atoms with Crippen molar-refractivity contribution in [2.24, 2.45) is 0 Å². The summed E-state index contributed by atoms with van der Waals surface area (Å²) in [6, 6.07) is 3.01. The van der Waals surface area contributed by atoms with Gasteiger partial charge >= 0.3 is 17.9 Å². The number of carboxylic acids is 1. The number of methoxy groups -OCH3 is 2. The molecule has 27 heavy (non-hydrogen) atoms. The van der Waals surface area contributed by atoms with Crippen molar-refractivity contribution in [1.82, 2.24) is 10.2 Å². The summed E-state index contributed by atoms with van der Waals surface area (Å²) in [5.41, 5.74) is 0.518. The molecule has 0 aliphatic carbocycles. The molecule has 0 radical (unpaired) electrons. The number of fused-ring (bicyclic) bond motifs is 1. The van der Waals surface area contributed by atoms with Crippen LogP contribution in [0.3, 0.4) is 0 Å². The van der Waals surface area contributed by atoms with E-state index < -0.39 is 17.9 Å². The number of H-pyrrole nitrogens is 1. The Morgan fingerprint density at radius 3 is 2.52 bits per heavy atom. The molecular weight excluding hydrogens is 354 g/mol. The molecule has 3 rings (SSSR count). The molecule has 0 unspecified atom stereocenters. The highest BCUT2D eigenvalue weighted by Gasteiger charge is 2.28. The van der Waals surface area contributed by atoms with E-state index in [2.05, 4.69) is 10.2 Å². The molecule has 1 aromatic heterocycles. The van der Waals surface area contributed by atoms with Crippen molar-refractivity contribution < 1.29 is 29.0 Å². The SMILES string of the molecule is COC(=O)C1=C(C(=O)OC)N(c2cc(C(=O)O)c3[nH]ncc3c2)C=CC=C1. The zero-order chi connectivity index (χ0) is 19.6. The number of carboxylic acid groups (broad SMARTS) is 1. The number of carbonyl (C=O) groups is 3. The monoisotopic (exact) mass is 369 g/mol. The van der Waals surface area contributed by atoms with Gasteiger partial charge in [0.2, 0.25) is 0 Å². The van der Waals surface area contributed by atoms with Gasteiger partial charge in [-0.05, 0) is 24.3 Å². The average molecular weight is 369 g/mol. The van der Waals surface area contributed by atoms with Gasteiger partial charge in [-0.3, -0.25) is 5.10 Å². The molecule has 0 fully saturated rings. The number of aromatic nitrogens is 2. The molecule has 2 aromatic rings. The van der Waals surface area contributed by atoms with Gasteiger partial charge in [0.1, 0.15) is 5.70 Å². The van der Waals surface area contributed by atoms with Gasteiger partial charge in [0.05, 0.1) is 37.1 Å². The number of esters is 2. The zero-order valence-corrected chi connectivity index (χ0v) is 14.4. The van der Waals surface area contributed by atoms with Crippen molar-refractivity contribution in [3.8, 4) is 0 Å². The van der Waals surface area contributed by atoms with Crippen molar-refractivity contribution in [3.05, 3.63) is 59.6 Å². The second kappa shape index (κ2) is 7.16. The van der Waals surface area contributed by atoms with Crippen LogP contribution in [0.2, 0.25) is 0 Å². The quantitative estimate of drug-likeness (QED) is 0.782. The van der Waals surface area contributed by atoms with Gasteiger partial charge < -0.3 is 19.5 Å². The van der Waals surface area contributed by atoms with Crippen LogP contribution in [-0.2, 0) is 19.1 Å². The maximum Gasteiger partial charge on any atom is 0.355 e. The number of aromatic carboxylic acids is 1. The number of anilines is 1. The molecule has 0 spiro atoms. The van der Waals surface area contributed by atoms with E-state index in [0.717, 1.165) is 0 Å². The van der Waals surface area contributed by atoms with E-state index in [1.54, 1.807) is 18.2 Å². The average Bonchev–Trinajstić information content (AvgIpc) is 3.03. The highest BCUT2D eigenvalue weighted by molar-refractivity contribution is 6.07. The van der Waals surface area contributed by atoms with E-state index in [1.807, 2.05) is 0 Å². The number of ether oxygens (including phenoxy) is 2. The van der Waals surface area contributed by atoms with Crippen LogP contribution in [0, 0.1) is 0 Å². The van der Waals surface area contributed by atoms with Gasteiger partial charge in [-0.25, -0.2) is 14.4 Å². The van der Waals surface area contributed by atoms with Crippen molar-refractivity contribution >= 4 is 34.5 Å². The van der Waals surface area contributed by atoms with Crippen LogP contribution in [0.25, 0.3) is 10.9 Å². The van der Waals surface area contributed by atoms with Crippen molar-refractivity contribution in [2.45, 2.75) is 0 Å². The lowest BCUT2D eigenvalue weighted by Gasteiger charge is -2.23. The minimum absolute atomic E-state index is 0.0292. The van der Waals surface area contributed by atoms with Gasteiger partial charge in [-0.15, -0.1) is 0 Å². The third kappa shape index (κ3) is 3.17. The van der Waals surface area contributed by atoms with E-state index in [4.69, 9.17) is 9.47 Å². The lowest BCUT2D eigenvalue weighted by molar-refractivity contribution is -0.139. The van der Waals surface area contributed by atoms with Crippen molar-refractivity contribution in [2.75, 3.05) is 19.1 Å². The van der Waals surface area contributed by atoms with Gasteiger partial charge in [-0.2, -0.15) is 5.10 Å². The summed E-state index contributed by atoms with van der Waals surface area (Å²) in [6.45, 7) is 0. The predicted octanol–water partition coefficient (Wildman–Crippen LogP) is 1.75. The van der Waals surface area contributed by atoms with Crippen LogP contribution in [0.4, 0.5) is 5.69 Å². The number of rotatable bonds is 4. The fourth-order valence-corrected chi connectivity index (χ4v) is 2.72. The maximum atomic E-state index is 12.4. The van der Waals surface area contributed by atoms with E-state index in [1.165, 1.54) is 43.7 Å². The summed E-state index contributed by atoms with van der Waals surface area (Å²) in [7, 11) is 2.38. The fraction of sp³-hybridized carbons (Fsp3) is 0.111. The highest BCUT2D eigenvalue weighted by atomic mass is 16.5. The molecule has 9 nitrogen and oxygen atoms in total. The molecule has 138 valence electrons. The lowest BCUT2D eigenvalue weighted by atomic mass is 10.1. The Bertz CT molecular complexity index is 1030. The highest BCUT2D eigenvalue weighted by Crippen LogP contribution is 2.30. The Labute approximate surface area is 153 Å². The summed E-state index contributed by atoms with van der Waals surface area (Å²) < 4.78 is 9.58. The van der Waals surface area contributed by atoms with Crippen molar-refractivity contribution in [1.29, 1.82) is 0 Å². The summed E-state index contributed by atoms with van der Waals surface area (Å²) >= 11 is 0. The fourth-order valence-electron chi connectivity index (χ4n) is 2.72. The Morgan fingerprint density at radius 1 is 1.11 bits per heavy atom. The number of hydrogen-bond acceptors (Lipinski definition) is 7. The minimum Gasteiger partial charge on any atom is -0.478 e. The number of allylic oxidation sites excluding steroid dienone is 2. The maximum absolute atomic E-state index is 12.4. The molecule has 2 N–H and O–H groups in total. The summed E-state index contributed by atoms with van der Waals surface area (Å²) in [5, 5.41) is 16.5. The molecule has 0 atom stereocenters. The van der Waals surface area contributed by atoms with Crippen molar-refractivity contribution in [3.63, 3.8) is 0 Å². The summed E-state index contributed by atoms with van der Waals surface area (Å²) in [6.07, 6.45) is 7.56. The number of nitrogens with one attached hydrogen (secondary N) is 1. The van der Waals surface area contributed by atoms with Gasteiger partial charge in [0.15, 0.2) is 0 Å². The lowest BCUT2D eigenvalue weighted by Crippen LogP contribution is -2.27. The molecule has 0 saturated carbocycles. The molecule has 0 bridgehead atoms. The first-order valence-electron chi connectivity index (χ1n) is 7.73. The van der Waals surface area contributed by atoms with Gasteiger partial charge in [0.25, 0.3) is 0 Å². The zero-order valence-electron chi connectivity index (χ0n) is 14.4. The Balaban J connectivity index is 2.27. The second-order valence-electron chi connectivity index (χ2n) is 5.45. The smallest absolute Gasteiger partial charge is 0.355 e. The standard InChI is InChI=1S/C18H15N3O6/c1-26-17(24)12-5-3-4-6-21(15(12)18(25)27-2)11-7-10-9-19-20-14(10)13(8-11)16(22)23/h3-9H,1-2H3,(H,19,20)(H,22,23). The topological polar surface area (TPSA) is 122 Å². The van der Waals surface area contributed by atoms with Crippen LogP contribution in [-0.4, -0.2) is 47.4 Å². The molecule has 1 aliphatic rings. The summed E-state index contributed by atoms with van der Waals surface area (Å²) in [5.74, 6) is -2.68. The van der Waals surface area contributed by atoms with Crippen LogP contribution in [0.1, 0.15) is 10.4 Å². The van der Waals surface area contributed by atoms with E-state index in [-0.39, 0.29) is 16.8 Å². The predicted molar refractivity (Wildman–Crippen MR) is 94.9 cm³/mol. The first-order chi connectivity index (χ1) is 13.0. The van der Waals surface area contributed by atoms with E-state index in [0.29, 0.717) is 16.6 Å². The van der Waals surface area contributed by atoms with Crippen LogP contribution < -0.4 is 4.90 Å². The summed E-state index contributed by atoms with van der Waals surface area (Å²) in [4.78, 5) is 37.6. The number of nitrogens with zero attached hydrogens (tertiary/aromatic N) is 2. The molecule has 2 heterocycles. The molecule has 0 amide bonds. The number of aromatic amines is 1. The molecule has 9 heteroatoms. The Kier molecular flexibility index (Phi) is 4.75. The Hall–Kier alpha value is -3.88. The second-order valence-corrected chi connectivity index (χ2v) is 5.45. The number of benzene rings is 1. The van der Waals surface area contributed by atoms with Crippen LogP contribution >= 0.6 is 0 Å². The van der Waals surface area contributed by atoms with Crippen LogP contribution in [0.5, 0.6) is 0 Å². The van der Waals surface area contributed by atoms with Gasteiger partial charge in [-0.1, -0.05) is 6.08 Å². The van der Waals surface area contributed by atoms with Crippen LogP contribution in [0.15, 0.2) is 54.0 Å². The van der Waals surface area contributed by atoms with E-state index in [9.17, 15) is 19.5 Å². The molecule has 1 aliphatic heterocycles. The van der Waals surface area contributed by atoms with Gasteiger partial charge in [0, 0.05) is 17.3 Å². The van der Waals surface area contributed by atoms with E-state index >= 15 is 0 Å². The third-order valence-electron chi connectivity index (χ3n) is 3.93. The third-order valence-corrected chi connectivity index (χ3v) is 3.93. The molecule has 0 saturated heterocycles.